The maximum absolute atomic E-state index is 2.36. The monoisotopic (exact) mass is 452 g/mol. The normalized spacial score (nSPS) is 10.3. The molecule has 170 valence electrons. The molecular weight excluding hydrogens is 411 g/mol. The van der Waals surface area contributed by atoms with Crippen LogP contribution in [0, 0.1) is 0 Å². The maximum atomic E-state index is 2.36. The van der Waals surface area contributed by atoms with Crippen LogP contribution in [0.3, 0.4) is 0 Å². The standard InChI is InChI=1S/C26H42N2.2ClH/c1-3-25-17-15-21-27(23-25)19-13-11-9-7-5-6-8-10-12-14-20-28-22-16-18-26(4-2)24-28;;/h15-18,21-24H,3-14,19-20H2,1-2H3;2*1H/q+2;;/p-2. The molecule has 0 saturated heterocycles. The Hall–Kier alpha value is -1.12. The van der Waals surface area contributed by atoms with Crippen LogP contribution in [0.2, 0.25) is 0 Å². The third kappa shape index (κ3) is 12.5. The number of hydrogen-bond acceptors (Lipinski definition) is 0. The number of unbranched alkanes of at least 4 members (excludes halogenated alkanes) is 9. The minimum atomic E-state index is 0. The van der Waals surface area contributed by atoms with E-state index in [-0.39, 0.29) is 24.8 Å². The average Bonchev–Trinajstić information content (AvgIpc) is 2.74. The summed E-state index contributed by atoms with van der Waals surface area (Å²) in [6.07, 6.45) is 25.1. The van der Waals surface area contributed by atoms with E-state index in [0.717, 1.165) is 12.8 Å². The van der Waals surface area contributed by atoms with Gasteiger partial charge in [0.2, 0.25) is 0 Å². The molecule has 30 heavy (non-hydrogen) atoms. The zero-order chi connectivity index (χ0) is 19.9. The molecule has 0 radical (unpaired) electrons. The Bertz CT molecular complexity index is 603. The van der Waals surface area contributed by atoms with Crippen molar-refractivity contribution in [2.75, 3.05) is 0 Å². The van der Waals surface area contributed by atoms with Gasteiger partial charge in [-0.25, -0.2) is 9.13 Å². The fourth-order valence-corrected chi connectivity index (χ4v) is 3.85. The second kappa shape index (κ2) is 18.6. The van der Waals surface area contributed by atoms with Crippen LogP contribution in [0.15, 0.2) is 49.1 Å². The number of aryl methyl sites for hydroxylation is 4. The number of hydrogen-bond donors (Lipinski definition) is 0. The van der Waals surface area contributed by atoms with Gasteiger partial charge in [-0.3, -0.25) is 0 Å². The molecule has 2 aromatic rings. The fraction of sp³-hybridized carbons (Fsp3) is 0.615. The number of aromatic nitrogens is 2. The highest BCUT2D eigenvalue weighted by Crippen LogP contribution is 2.10. The van der Waals surface area contributed by atoms with E-state index >= 15 is 0 Å². The lowest BCUT2D eigenvalue weighted by atomic mass is 10.1. The summed E-state index contributed by atoms with van der Waals surface area (Å²) in [6.45, 7) is 6.80. The summed E-state index contributed by atoms with van der Waals surface area (Å²) >= 11 is 0. The molecule has 0 bridgehead atoms. The van der Waals surface area contributed by atoms with Crippen molar-refractivity contribution in [2.24, 2.45) is 0 Å². The Balaban J connectivity index is 0.00000420. The topological polar surface area (TPSA) is 7.76 Å². The highest BCUT2D eigenvalue weighted by atomic mass is 35.5. The lowest BCUT2D eigenvalue weighted by molar-refractivity contribution is -0.697. The SMILES string of the molecule is CCc1ccc[n+](CCCCCCCCCCCC[n+]2cccc(CC)c2)c1.[Cl-].[Cl-]. The Morgan fingerprint density at radius 3 is 1.20 bits per heavy atom. The first-order valence-electron chi connectivity index (χ1n) is 11.8. The van der Waals surface area contributed by atoms with Gasteiger partial charge in [-0.05, 0) is 37.8 Å². The van der Waals surface area contributed by atoms with Gasteiger partial charge in [0.1, 0.15) is 13.1 Å². The number of pyridine rings is 2. The molecule has 0 unspecified atom stereocenters. The molecule has 0 spiro atoms. The van der Waals surface area contributed by atoms with Crippen molar-refractivity contribution in [1.29, 1.82) is 0 Å². The van der Waals surface area contributed by atoms with E-state index in [4.69, 9.17) is 0 Å². The van der Waals surface area contributed by atoms with Crippen molar-refractivity contribution in [3.63, 3.8) is 0 Å². The second-order valence-corrected chi connectivity index (χ2v) is 8.14. The van der Waals surface area contributed by atoms with Gasteiger partial charge >= 0.3 is 0 Å². The van der Waals surface area contributed by atoms with Crippen LogP contribution in [0.25, 0.3) is 0 Å². The molecule has 0 fully saturated rings. The molecule has 2 nitrogen and oxygen atoms in total. The van der Waals surface area contributed by atoms with Crippen molar-refractivity contribution in [3.8, 4) is 0 Å². The van der Waals surface area contributed by atoms with E-state index < -0.39 is 0 Å². The highest BCUT2D eigenvalue weighted by Gasteiger charge is 2.02. The summed E-state index contributed by atoms with van der Waals surface area (Å²) in [5.41, 5.74) is 2.88. The molecular formula is C26H42Cl2N2. The van der Waals surface area contributed by atoms with Gasteiger partial charge in [-0.1, -0.05) is 52.4 Å². The van der Waals surface area contributed by atoms with Crippen LogP contribution in [0.4, 0.5) is 0 Å². The van der Waals surface area contributed by atoms with Gasteiger partial charge in [0.15, 0.2) is 24.8 Å². The quantitative estimate of drug-likeness (QED) is 0.265. The van der Waals surface area contributed by atoms with Gasteiger partial charge in [0, 0.05) is 36.1 Å². The average molecular weight is 454 g/mol. The molecule has 0 aromatic carbocycles. The van der Waals surface area contributed by atoms with Crippen LogP contribution in [0.1, 0.15) is 89.2 Å². The number of rotatable bonds is 15. The Morgan fingerprint density at radius 1 is 0.533 bits per heavy atom. The summed E-state index contributed by atoms with van der Waals surface area (Å²) in [6, 6.07) is 8.80. The molecule has 0 atom stereocenters. The molecule has 4 heteroatoms. The maximum Gasteiger partial charge on any atom is 0.171 e. The summed E-state index contributed by atoms with van der Waals surface area (Å²) in [7, 11) is 0. The lowest BCUT2D eigenvalue weighted by Gasteiger charge is -2.03. The largest absolute Gasteiger partial charge is 1.00 e. The molecule has 0 aliphatic carbocycles. The summed E-state index contributed by atoms with van der Waals surface area (Å²) < 4.78 is 4.71. The molecule has 2 rings (SSSR count). The lowest BCUT2D eigenvalue weighted by Crippen LogP contribution is -3.00. The van der Waals surface area contributed by atoms with Crippen LogP contribution >= 0.6 is 0 Å². The number of halogens is 2. The summed E-state index contributed by atoms with van der Waals surface area (Å²) in [4.78, 5) is 0. The zero-order valence-corrected chi connectivity index (χ0v) is 20.7. The van der Waals surface area contributed by atoms with Gasteiger partial charge < -0.3 is 24.8 Å². The predicted octanol–water partition coefficient (Wildman–Crippen LogP) is -0.00440. The Labute approximate surface area is 197 Å². The Kier molecular flexibility index (Phi) is 17.9. The highest BCUT2D eigenvalue weighted by molar-refractivity contribution is 5.04. The van der Waals surface area contributed by atoms with E-state index in [0.29, 0.717) is 0 Å². The molecule has 0 aliphatic heterocycles. The van der Waals surface area contributed by atoms with Crippen LogP contribution in [-0.2, 0) is 25.9 Å². The van der Waals surface area contributed by atoms with Crippen molar-refractivity contribution < 1.29 is 33.9 Å². The molecule has 0 N–H and O–H groups in total. The molecule has 2 heterocycles. The van der Waals surface area contributed by atoms with Crippen molar-refractivity contribution in [3.05, 3.63) is 60.2 Å². The zero-order valence-electron chi connectivity index (χ0n) is 19.2. The van der Waals surface area contributed by atoms with Gasteiger partial charge in [0.25, 0.3) is 0 Å². The molecule has 0 aliphatic rings. The summed E-state index contributed by atoms with van der Waals surface area (Å²) in [5, 5.41) is 0. The smallest absolute Gasteiger partial charge is 0.171 e. The third-order valence-corrected chi connectivity index (χ3v) is 5.74. The second-order valence-electron chi connectivity index (χ2n) is 8.14. The third-order valence-electron chi connectivity index (χ3n) is 5.74. The van der Waals surface area contributed by atoms with E-state index in [1.807, 2.05) is 0 Å². The van der Waals surface area contributed by atoms with E-state index in [1.54, 1.807) is 0 Å². The minimum absolute atomic E-state index is 0. The first-order valence-corrected chi connectivity index (χ1v) is 11.8. The van der Waals surface area contributed by atoms with Crippen molar-refractivity contribution in [1.82, 2.24) is 0 Å². The molecule has 2 aromatic heterocycles. The predicted molar refractivity (Wildman–Crippen MR) is 118 cm³/mol. The van der Waals surface area contributed by atoms with Crippen molar-refractivity contribution >= 4 is 0 Å². The van der Waals surface area contributed by atoms with Crippen LogP contribution in [0.5, 0.6) is 0 Å². The minimum Gasteiger partial charge on any atom is -1.00 e. The number of nitrogens with zero attached hydrogens (tertiary/aromatic N) is 2. The van der Waals surface area contributed by atoms with Gasteiger partial charge in [0.05, 0.1) is 0 Å². The van der Waals surface area contributed by atoms with Gasteiger partial charge in [-0.2, -0.15) is 0 Å². The van der Waals surface area contributed by atoms with Crippen molar-refractivity contribution in [2.45, 2.75) is 104 Å². The van der Waals surface area contributed by atoms with Crippen LogP contribution in [-0.4, -0.2) is 0 Å². The van der Waals surface area contributed by atoms with Gasteiger partial charge in [-0.15, -0.1) is 0 Å². The van der Waals surface area contributed by atoms with E-state index in [1.165, 1.54) is 88.4 Å². The molecule has 0 amide bonds. The fourth-order valence-electron chi connectivity index (χ4n) is 3.85. The van der Waals surface area contributed by atoms with E-state index in [9.17, 15) is 0 Å². The summed E-state index contributed by atoms with van der Waals surface area (Å²) in [5.74, 6) is 0. The Morgan fingerprint density at radius 2 is 0.867 bits per heavy atom. The first-order chi connectivity index (χ1) is 13.8. The van der Waals surface area contributed by atoms with E-state index in [2.05, 4.69) is 72.0 Å². The van der Waals surface area contributed by atoms with Crippen LogP contribution < -0.4 is 33.9 Å². The first kappa shape index (κ1) is 28.9. The molecule has 0 saturated carbocycles.